The van der Waals surface area contributed by atoms with E-state index >= 15 is 0 Å². The molecule has 1 amide bonds. The molecule has 1 aliphatic rings. The van der Waals surface area contributed by atoms with Gasteiger partial charge in [0.15, 0.2) is 6.10 Å². The maximum atomic E-state index is 12.3. The molecule has 1 heterocycles. The molecule has 1 saturated heterocycles. The van der Waals surface area contributed by atoms with Gasteiger partial charge >= 0.3 is 0 Å². The van der Waals surface area contributed by atoms with E-state index in [0.717, 1.165) is 5.56 Å². The van der Waals surface area contributed by atoms with Crippen LogP contribution in [0.4, 0.5) is 0 Å². The fourth-order valence-corrected chi connectivity index (χ4v) is 2.19. The summed E-state index contributed by atoms with van der Waals surface area (Å²) in [5.41, 5.74) is 0.956. The molecule has 0 spiro atoms. The summed E-state index contributed by atoms with van der Waals surface area (Å²) in [6.07, 6.45) is -0.200. The van der Waals surface area contributed by atoms with E-state index in [0.29, 0.717) is 19.6 Å². The molecule has 0 bridgehead atoms. The van der Waals surface area contributed by atoms with Gasteiger partial charge in [0.05, 0.1) is 25.3 Å². The molecule has 5 heteroatoms. The molecule has 102 valence electrons. The minimum absolute atomic E-state index is 0.222. The van der Waals surface area contributed by atoms with Crippen molar-refractivity contribution in [1.29, 1.82) is 10.5 Å². The average Bonchev–Trinajstić information content (AvgIpc) is 2.53. The molecule has 2 unspecified atom stereocenters. The molecule has 1 fully saturated rings. The molecule has 1 aliphatic heterocycles. The molecule has 5 nitrogen and oxygen atoms in total. The van der Waals surface area contributed by atoms with Gasteiger partial charge in [-0.2, -0.15) is 10.5 Å². The maximum absolute atomic E-state index is 12.3. The molecule has 20 heavy (non-hydrogen) atoms. The van der Waals surface area contributed by atoms with Crippen LogP contribution in [-0.4, -0.2) is 36.6 Å². The van der Waals surface area contributed by atoms with Crippen molar-refractivity contribution >= 4 is 5.91 Å². The molecule has 0 aromatic heterocycles. The monoisotopic (exact) mass is 269 g/mol. The van der Waals surface area contributed by atoms with E-state index in [1.165, 1.54) is 0 Å². The quantitative estimate of drug-likeness (QED) is 0.823. The normalized spacial score (nSPS) is 19.7. The predicted molar refractivity (Wildman–Crippen MR) is 71.2 cm³/mol. The Morgan fingerprint density at radius 1 is 1.40 bits per heavy atom. The molecule has 2 atom stereocenters. The summed E-state index contributed by atoms with van der Waals surface area (Å²) in [6, 6.07) is 13.5. The Morgan fingerprint density at radius 2 is 2.15 bits per heavy atom. The van der Waals surface area contributed by atoms with Crippen molar-refractivity contribution in [1.82, 2.24) is 4.90 Å². The van der Waals surface area contributed by atoms with Gasteiger partial charge in [-0.25, -0.2) is 0 Å². The summed E-state index contributed by atoms with van der Waals surface area (Å²) in [6.45, 7) is 1.01. The molecule has 1 aromatic carbocycles. The third-order valence-electron chi connectivity index (χ3n) is 3.26. The predicted octanol–water partition coefficient (Wildman–Crippen LogP) is 1.12. The van der Waals surface area contributed by atoms with E-state index < -0.39 is 12.0 Å². The third-order valence-corrected chi connectivity index (χ3v) is 3.26. The molecule has 0 saturated carbocycles. The summed E-state index contributed by atoms with van der Waals surface area (Å²) >= 11 is 0. The van der Waals surface area contributed by atoms with E-state index in [2.05, 4.69) is 6.07 Å². The number of carbonyl (C=O) groups is 1. The number of nitrogens with zero attached hydrogens (tertiary/aromatic N) is 3. The zero-order valence-corrected chi connectivity index (χ0v) is 11.0. The Bertz CT molecular complexity index is 544. The summed E-state index contributed by atoms with van der Waals surface area (Å²) in [5, 5.41) is 18.1. The summed E-state index contributed by atoms with van der Waals surface area (Å²) in [7, 11) is 0. The number of carbonyl (C=O) groups excluding carboxylic acids is 1. The third kappa shape index (κ3) is 3.34. The van der Waals surface area contributed by atoms with Gasteiger partial charge in [0, 0.05) is 6.54 Å². The van der Waals surface area contributed by atoms with E-state index in [9.17, 15) is 10.1 Å². The maximum Gasteiger partial charge on any atom is 0.240 e. The van der Waals surface area contributed by atoms with Crippen molar-refractivity contribution in [3.8, 4) is 12.1 Å². The highest BCUT2D eigenvalue weighted by atomic mass is 16.5. The highest BCUT2D eigenvalue weighted by Gasteiger charge is 2.29. The lowest BCUT2D eigenvalue weighted by Gasteiger charge is -2.31. The number of hydrogen-bond donors (Lipinski definition) is 0. The minimum Gasteiger partial charge on any atom is -0.360 e. The highest BCUT2D eigenvalue weighted by Crippen LogP contribution is 2.14. The second-order valence-corrected chi connectivity index (χ2v) is 4.64. The molecule has 2 rings (SSSR count). The van der Waals surface area contributed by atoms with Gasteiger partial charge in [-0.1, -0.05) is 30.3 Å². The van der Waals surface area contributed by atoms with Gasteiger partial charge in [-0.15, -0.1) is 0 Å². The Labute approximate surface area is 118 Å². The minimum atomic E-state index is -0.713. The SMILES string of the molecule is N#CC1CN(C(=O)C(C#N)Cc2ccccc2)CCO1. The first kappa shape index (κ1) is 14.0. The fraction of sp³-hybridized carbons (Fsp3) is 0.400. The van der Waals surface area contributed by atoms with Crippen molar-refractivity contribution in [3.05, 3.63) is 35.9 Å². The lowest BCUT2D eigenvalue weighted by atomic mass is 9.99. The van der Waals surface area contributed by atoms with Crippen LogP contribution in [0, 0.1) is 28.6 Å². The Kier molecular flexibility index (Phi) is 4.70. The number of rotatable bonds is 3. The second kappa shape index (κ2) is 6.70. The highest BCUT2D eigenvalue weighted by molar-refractivity contribution is 5.81. The van der Waals surface area contributed by atoms with E-state index in [1.54, 1.807) is 4.90 Å². The van der Waals surface area contributed by atoms with Gasteiger partial charge < -0.3 is 9.64 Å². The largest absolute Gasteiger partial charge is 0.360 e. The standard InChI is InChI=1S/C15H15N3O2/c16-9-13(8-12-4-2-1-3-5-12)15(19)18-6-7-20-14(10-17)11-18/h1-5,13-14H,6-8,11H2. The average molecular weight is 269 g/mol. The van der Waals surface area contributed by atoms with Crippen LogP contribution in [0.15, 0.2) is 30.3 Å². The Balaban J connectivity index is 2.02. The van der Waals surface area contributed by atoms with Crippen LogP contribution >= 0.6 is 0 Å². The summed E-state index contributed by atoms with van der Waals surface area (Å²) in [4.78, 5) is 13.9. The number of morpholine rings is 1. The van der Waals surface area contributed by atoms with E-state index in [4.69, 9.17) is 10.00 Å². The van der Waals surface area contributed by atoms with Crippen LogP contribution in [0.1, 0.15) is 5.56 Å². The molecule has 0 N–H and O–H groups in total. The lowest BCUT2D eigenvalue weighted by Crippen LogP contribution is -2.47. The number of hydrogen-bond acceptors (Lipinski definition) is 4. The van der Waals surface area contributed by atoms with Crippen LogP contribution in [-0.2, 0) is 16.0 Å². The fourth-order valence-electron chi connectivity index (χ4n) is 2.19. The van der Waals surface area contributed by atoms with Crippen molar-refractivity contribution in [2.24, 2.45) is 5.92 Å². The first-order valence-corrected chi connectivity index (χ1v) is 6.48. The number of ether oxygens (including phenoxy) is 1. The van der Waals surface area contributed by atoms with Crippen molar-refractivity contribution in [2.75, 3.05) is 19.7 Å². The first-order valence-electron chi connectivity index (χ1n) is 6.48. The summed E-state index contributed by atoms with van der Waals surface area (Å²) < 4.78 is 5.20. The smallest absolute Gasteiger partial charge is 0.240 e. The Hall–Kier alpha value is -2.37. The van der Waals surface area contributed by atoms with Crippen LogP contribution < -0.4 is 0 Å². The first-order chi connectivity index (χ1) is 9.74. The topological polar surface area (TPSA) is 77.1 Å². The van der Waals surface area contributed by atoms with Crippen LogP contribution in [0.5, 0.6) is 0 Å². The van der Waals surface area contributed by atoms with Gasteiger partial charge in [0.2, 0.25) is 5.91 Å². The zero-order valence-electron chi connectivity index (χ0n) is 11.0. The van der Waals surface area contributed by atoms with Crippen LogP contribution in [0.2, 0.25) is 0 Å². The van der Waals surface area contributed by atoms with Crippen LogP contribution in [0.25, 0.3) is 0 Å². The molecule has 0 radical (unpaired) electrons. The second-order valence-electron chi connectivity index (χ2n) is 4.64. The number of nitriles is 2. The van der Waals surface area contributed by atoms with Gasteiger partial charge in [-0.05, 0) is 12.0 Å². The van der Waals surface area contributed by atoms with Gasteiger partial charge in [-0.3, -0.25) is 4.79 Å². The van der Waals surface area contributed by atoms with Gasteiger partial charge in [0.1, 0.15) is 5.92 Å². The molecular formula is C15H15N3O2. The van der Waals surface area contributed by atoms with Gasteiger partial charge in [0.25, 0.3) is 0 Å². The molecule has 1 aromatic rings. The molecule has 0 aliphatic carbocycles. The Morgan fingerprint density at radius 3 is 2.80 bits per heavy atom. The summed E-state index contributed by atoms with van der Waals surface area (Å²) in [5.74, 6) is -0.935. The van der Waals surface area contributed by atoms with Crippen molar-refractivity contribution in [2.45, 2.75) is 12.5 Å². The van der Waals surface area contributed by atoms with E-state index in [1.807, 2.05) is 36.4 Å². The zero-order chi connectivity index (χ0) is 14.4. The van der Waals surface area contributed by atoms with E-state index in [-0.39, 0.29) is 12.5 Å². The lowest BCUT2D eigenvalue weighted by molar-refractivity contribution is -0.139. The van der Waals surface area contributed by atoms with Crippen LogP contribution in [0.3, 0.4) is 0 Å². The van der Waals surface area contributed by atoms with Crippen molar-refractivity contribution in [3.63, 3.8) is 0 Å². The number of benzene rings is 1. The number of amides is 1. The molecular weight excluding hydrogens is 254 g/mol. The van der Waals surface area contributed by atoms with Crippen molar-refractivity contribution < 1.29 is 9.53 Å².